The molecular weight excluding hydrogens is 354 g/mol. The van der Waals surface area contributed by atoms with E-state index in [0.29, 0.717) is 6.42 Å². The Bertz CT molecular complexity index is 954. The van der Waals surface area contributed by atoms with E-state index in [2.05, 4.69) is 65.8 Å². The molecule has 0 aromatic heterocycles. The summed E-state index contributed by atoms with van der Waals surface area (Å²) in [6.45, 7) is 0.804. The van der Waals surface area contributed by atoms with Crippen molar-refractivity contribution in [1.82, 2.24) is 4.90 Å². The van der Waals surface area contributed by atoms with Gasteiger partial charge >= 0.3 is 5.97 Å². The van der Waals surface area contributed by atoms with Crippen molar-refractivity contribution < 1.29 is 9.90 Å². The maximum Gasteiger partial charge on any atom is 0.320 e. The van der Waals surface area contributed by atoms with Gasteiger partial charge in [0.1, 0.15) is 6.04 Å². The highest BCUT2D eigenvalue weighted by Crippen LogP contribution is 2.36. The van der Waals surface area contributed by atoms with Crippen LogP contribution in [0.15, 0.2) is 71.6 Å². The summed E-state index contributed by atoms with van der Waals surface area (Å²) in [4.78, 5) is 15.2. The molecule has 27 heavy (non-hydrogen) atoms. The molecule has 3 aromatic carbocycles. The van der Waals surface area contributed by atoms with Crippen LogP contribution in [0.5, 0.6) is 0 Å². The number of likely N-dealkylation sites (tertiary alicyclic amines) is 1. The summed E-state index contributed by atoms with van der Waals surface area (Å²) in [6, 6.07) is 22.9. The van der Waals surface area contributed by atoms with E-state index >= 15 is 0 Å². The molecule has 1 saturated heterocycles. The predicted octanol–water partition coefficient (Wildman–Crippen LogP) is 5.20. The minimum atomic E-state index is -0.723. The van der Waals surface area contributed by atoms with Crippen LogP contribution in [-0.4, -0.2) is 34.8 Å². The summed E-state index contributed by atoms with van der Waals surface area (Å²) >= 11 is 1.72. The van der Waals surface area contributed by atoms with Gasteiger partial charge in [-0.05, 0) is 59.2 Å². The van der Waals surface area contributed by atoms with Crippen LogP contribution in [-0.2, 0) is 4.79 Å². The number of fused-ring (bicyclic) bond motifs is 1. The number of rotatable bonds is 5. The van der Waals surface area contributed by atoms with Crippen molar-refractivity contribution in [2.75, 3.05) is 12.8 Å². The van der Waals surface area contributed by atoms with E-state index in [1.807, 2.05) is 12.1 Å². The van der Waals surface area contributed by atoms with E-state index < -0.39 is 12.0 Å². The minimum Gasteiger partial charge on any atom is -0.480 e. The van der Waals surface area contributed by atoms with Gasteiger partial charge in [-0.1, -0.05) is 48.5 Å². The highest BCUT2D eigenvalue weighted by molar-refractivity contribution is 7.98. The summed E-state index contributed by atoms with van der Waals surface area (Å²) in [6.07, 6.45) is 3.70. The molecule has 1 fully saturated rings. The molecule has 0 radical (unpaired) electrons. The Labute approximate surface area is 164 Å². The molecule has 0 bridgehead atoms. The first-order valence-corrected chi connectivity index (χ1v) is 10.5. The van der Waals surface area contributed by atoms with Crippen LogP contribution in [0, 0.1) is 0 Å². The van der Waals surface area contributed by atoms with Gasteiger partial charge in [0, 0.05) is 11.4 Å². The van der Waals surface area contributed by atoms with Crippen molar-refractivity contribution in [3.05, 3.63) is 77.9 Å². The first-order valence-electron chi connectivity index (χ1n) is 9.28. The lowest BCUT2D eigenvalue weighted by atomic mass is 9.94. The average Bonchev–Trinajstić information content (AvgIpc) is 3.18. The lowest BCUT2D eigenvalue weighted by Gasteiger charge is -2.32. The fourth-order valence-electron chi connectivity index (χ4n) is 4.10. The summed E-state index contributed by atoms with van der Waals surface area (Å²) in [5.41, 5.74) is 2.30. The van der Waals surface area contributed by atoms with Gasteiger partial charge in [-0.3, -0.25) is 9.69 Å². The first-order chi connectivity index (χ1) is 13.2. The lowest BCUT2D eigenvalue weighted by Crippen LogP contribution is -2.39. The Morgan fingerprint density at radius 1 is 1.04 bits per heavy atom. The van der Waals surface area contributed by atoms with E-state index in [1.54, 1.807) is 11.8 Å². The lowest BCUT2D eigenvalue weighted by molar-refractivity contribution is -0.142. The molecule has 0 saturated carbocycles. The molecule has 2 atom stereocenters. The number of nitrogens with zero attached hydrogens (tertiary/aromatic N) is 1. The van der Waals surface area contributed by atoms with E-state index in [1.165, 1.54) is 15.7 Å². The molecule has 0 amide bonds. The number of hydrogen-bond acceptors (Lipinski definition) is 3. The second-order valence-corrected chi connectivity index (χ2v) is 7.90. The first kappa shape index (κ1) is 18.1. The van der Waals surface area contributed by atoms with Crippen molar-refractivity contribution >= 4 is 28.5 Å². The van der Waals surface area contributed by atoms with Crippen molar-refractivity contribution in [1.29, 1.82) is 0 Å². The van der Waals surface area contributed by atoms with Gasteiger partial charge in [0.2, 0.25) is 0 Å². The van der Waals surface area contributed by atoms with Gasteiger partial charge in [-0.15, -0.1) is 11.8 Å². The topological polar surface area (TPSA) is 40.5 Å². The quantitative estimate of drug-likeness (QED) is 0.621. The zero-order valence-corrected chi connectivity index (χ0v) is 16.2. The normalized spacial score (nSPS) is 18.6. The standard InChI is InChI=1S/C23H23NO2S/c1-27-20-12-10-17(11-13-20)22(24-14-4-7-21(24)23(25)26)19-9-8-16-5-2-3-6-18(16)15-19/h2-3,5-6,8-13,15,21-22H,4,7,14H2,1H3,(H,25,26). The van der Waals surface area contributed by atoms with Crippen molar-refractivity contribution in [3.63, 3.8) is 0 Å². The number of hydrogen-bond donors (Lipinski definition) is 1. The van der Waals surface area contributed by atoms with Crippen LogP contribution in [0.2, 0.25) is 0 Å². The third-order valence-electron chi connectivity index (χ3n) is 5.43. The molecule has 1 aliphatic rings. The zero-order chi connectivity index (χ0) is 18.8. The van der Waals surface area contributed by atoms with Crippen molar-refractivity contribution in [2.45, 2.75) is 29.8 Å². The molecule has 4 heteroatoms. The molecule has 0 spiro atoms. The van der Waals surface area contributed by atoms with Crippen LogP contribution >= 0.6 is 11.8 Å². The highest BCUT2D eigenvalue weighted by atomic mass is 32.2. The molecule has 3 aromatic rings. The highest BCUT2D eigenvalue weighted by Gasteiger charge is 2.36. The van der Waals surface area contributed by atoms with Crippen LogP contribution in [0.25, 0.3) is 10.8 Å². The number of carboxylic acid groups (broad SMARTS) is 1. The Morgan fingerprint density at radius 3 is 2.44 bits per heavy atom. The second kappa shape index (κ2) is 7.75. The van der Waals surface area contributed by atoms with E-state index in [-0.39, 0.29) is 6.04 Å². The number of carbonyl (C=O) groups is 1. The molecule has 138 valence electrons. The molecule has 1 N–H and O–H groups in total. The summed E-state index contributed by atoms with van der Waals surface area (Å²) in [5, 5.41) is 12.1. The third kappa shape index (κ3) is 3.60. The van der Waals surface area contributed by atoms with Crippen molar-refractivity contribution in [3.8, 4) is 0 Å². The zero-order valence-electron chi connectivity index (χ0n) is 15.3. The summed E-state index contributed by atoms with van der Waals surface area (Å²) < 4.78 is 0. The predicted molar refractivity (Wildman–Crippen MR) is 111 cm³/mol. The van der Waals surface area contributed by atoms with Crippen LogP contribution in [0.3, 0.4) is 0 Å². The van der Waals surface area contributed by atoms with Crippen LogP contribution < -0.4 is 0 Å². The largest absolute Gasteiger partial charge is 0.480 e. The average molecular weight is 378 g/mol. The molecule has 0 aliphatic carbocycles. The van der Waals surface area contributed by atoms with Gasteiger partial charge in [-0.25, -0.2) is 0 Å². The van der Waals surface area contributed by atoms with Gasteiger partial charge in [-0.2, -0.15) is 0 Å². The smallest absolute Gasteiger partial charge is 0.320 e. The van der Waals surface area contributed by atoms with Gasteiger partial charge in [0.05, 0.1) is 6.04 Å². The maximum absolute atomic E-state index is 11.8. The minimum absolute atomic E-state index is 0.0471. The number of aliphatic carboxylic acids is 1. The third-order valence-corrected chi connectivity index (χ3v) is 6.18. The van der Waals surface area contributed by atoms with Gasteiger partial charge < -0.3 is 5.11 Å². The van der Waals surface area contributed by atoms with Gasteiger partial charge in [0.25, 0.3) is 0 Å². The Morgan fingerprint density at radius 2 is 1.74 bits per heavy atom. The van der Waals surface area contributed by atoms with Crippen LogP contribution in [0.1, 0.15) is 30.0 Å². The summed E-state index contributed by atoms with van der Waals surface area (Å²) in [7, 11) is 0. The van der Waals surface area contributed by atoms with E-state index in [4.69, 9.17) is 0 Å². The molecule has 1 heterocycles. The molecule has 4 rings (SSSR count). The Kier molecular flexibility index (Phi) is 5.19. The monoisotopic (exact) mass is 377 g/mol. The second-order valence-electron chi connectivity index (χ2n) is 7.02. The number of carboxylic acids is 1. The molecule has 1 aliphatic heterocycles. The fourth-order valence-corrected chi connectivity index (χ4v) is 4.51. The molecule has 2 unspecified atom stereocenters. The molecule has 3 nitrogen and oxygen atoms in total. The van der Waals surface area contributed by atoms with Crippen molar-refractivity contribution in [2.24, 2.45) is 0 Å². The molecular formula is C23H23NO2S. The van der Waals surface area contributed by atoms with Gasteiger partial charge in [0.15, 0.2) is 0 Å². The SMILES string of the molecule is CSc1ccc(C(c2ccc3ccccc3c2)N2CCCC2C(=O)O)cc1. The fraction of sp³-hybridized carbons (Fsp3) is 0.261. The Balaban J connectivity index is 1.82. The number of thioether (sulfide) groups is 1. The van der Waals surface area contributed by atoms with E-state index in [0.717, 1.165) is 24.1 Å². The van der Waals surface area contributed by atoms with E-state index in [9.17, 15) is 9.90 Å². The Hall–Kier alpha value is -2.30. The maximum atomic E-state index is 11.8. The van der Waals surface area contributed by atoms with Crippen LogP contribution in [0.4, 0.5) is 0 Å². The number of benzene rings is 3. The summed E-state index contributed by atoms with van der Waals surface area (Å²) in [5.74, 6) is -0.723.